The first-order chi connectivity index (χ1) is 12.7. The zero-order chi connectivity index (χ0) is 17.7. The van der Waals surface area contributed by atoms with Crippen molar-refractivity contribution < 1.29 is 9.84 Å². The van der Waals surface area contributed by atoms with E-state index in [1.165, 1.54) is 0 Å². The van der Waals surface area contributed by atoms with Crippen molar-refractivity contribution in [2.75, 3.05) is 0 Å². The van der Waals surface area contributed by atoms with Crippen molar-refractivity contribution in [1.29, 1.82) is 0 Å². The lowest BCUT2D eigenvalue weighted by Gasteiger charge is -2.37. The van der Waals surface area contributed by atoms with Crippen molar-refractivity contribution in [2.45, 2.75) is 18.7 Å². The van der Waals surface area contributed by atoms with Gasteiger partial charge in [-0.2, -0.15) is 16.4 Å². The number of phenols is 1. The molecule has 0 fully saturated rings. The van der Waals surface area contributed by atoms with Gasteiger partial charge in [0.15, 0.2) is 0 Å². The van der Waals surface area contributed by atoms with Gasteiger partial charge in [0, 0.05) is 28.1 Å². The highest BCUT2D eigenvalue weighted by Gasteiger charge is 2.41. The lowest BCUT2D eigenvalue weighted by Crippen LogP contribution is -2.33. The molecule has 0 radical (unpaired) electrons. The van der Waals surface area contributed by atoms with Crippen LogP contribution >= 0.6 is 22.9 Å². The molecule has 0 unspecified atom stereocenters. The van der Waals surface area contributed by atoms with Gasteiger partial charge in [-0.25, -0.2) is 5.01 Å². The number of hydrogen-bond acceptors (Lipinski definition) is 5. The fourth-order valence-electron chi connectivity index (χ4n) is 3.57. The molecule has 26 heavy (non-hydrogen) atoms. The Morgan fingerprint density at radius 2 is 2.08 bits per heavy atom. The maximum Gasteiger partial charge on any atom is 0.214 e. The third kappa shape index (κ3) is 2.47. The van der Waals surface area contributed by atoms with Crippen molar-refractivity contribution in [1.82, 2.24) is 5.01 Å². The second-order valence-corrected chi connectivity index (χ2v) is 7.59. The number of benzene rings is 2. The standard InChI is InChI=1S/C20H15ClN2O2S/c21-13-5-6-18(24)15(9-13)16-10-17-14-3-1-2-4-19(14)25-20(23(17)22-16)12-7-8-26-11-12/h1-9,11,17,20,24H,10H2/t17-,20+/m0/s1. The van der Waals surface area contributed by atoms with E-state index in [1.807, 2.05) is 28.6 Å². The fourth-order valence-corrected chi connectivity index (χ4v) is 4.41. The Bertz CT molecular complexity index is 1000. The number of nitrogens with zero attached hydrogens (tertiary/aromatic N) is 2. The number of rotatable bonds is 2. The molecule has 1 N–H and O–H groups in total. The molecular weight excluding hydrogens is 368 g/mol. The Balaban J connectivity index is 1.62. The first-order valence-electron chi connectivity index (χ1n) is 8.33. The molecule has 2 aliphatic rings. The molecule has 0 saturated heterocycles. The van der Waals surface area contributed by atoms with Crippen molar-refractivity contribution in [3.8, 4) is 11.5 Å². The van der Waals surface area contributed by atoms with Crippen LogP contribution in [0.25, 0.3) is 0 Å². The van der Waals surface area contributed by atoms with Crippen LogP contribution in [0.1, 0.15) is 35.4 Å². The van der Waals surface area contributed by atoms with E-state index in [-0.39, 0.29) is 18.0 Å². The van der Waals surface area contributed by atoms with Gasteiger partial charge in [0.05, 0.1) is 11.8 Å². The van der Waals surface area contributed by atoms with Crippen molar-refractivity contribution in [3.05, 3.63) is 81.0 Å². The Labute approximate surface area is 159 Å². The van der Waals surface area contributed by atoms with Crippen LogP contribution in [-0.4, -0.2) is 15.8 Å². The van der Waals surface area contributed by atoms with E-state index < -0.39 is 0 Å². The van der Waals surface area contributed by atoms with Crippen LogP contribution in [0, 0.1) is 0 Å². The maximum atomic E-state index is 10.3. The van der Waals surface area contributed by atoms with E-state index in [2.05, 4.69) is 17.5 Å². The summed E-state index contributed by atoms with van der Waals surface area (Å²) in [6.45, 7) is 0. The third-order valence-electron chi connectivity index (χ3n) is 4.80. The van der Waals surface area contributed by atoms with E-state index in [4.69, 9.17) is 21.4 Å². The van der Waals surface area contributed by atoms with Crippen molar-refractivity contribution in [3.63, 3.8) is 0 Å². The van der Waals surface area contributed by atoms with Gasteiger partial charge in [-0.1, -0.05) is 29.8 Å². The average molecular weight is 383 g/mol. The normalized spacial score (nSPS) is 21.0. The van der Waals surface area contributed by atoms with Crippen molar-refractivity contribution in [2.24, 2.45) is 5.10 Å². The van der Waals surface area contributed by atoms with Crippen LogP contribution in [0.2, 0.25) is 5.02 Å². The third-order valence-corrected chi connectivity index (χ3v) is 5.73. The number of hydrogen-bond donors (Lipinski definition) is 1. The van der Waals surface area contributed by atoms with Gasteiger partial charge in [0.1, 0.15) is 11.5 Å². The zero-order valence-corrected chi connectivity index (χ0v) is 15.2. The lowest BCUT2D eigenvalue weighted by molar-refractivity contribution is -0.0187. The molecule has 2 atom stereocenters. The van der Waals surface area contributed by atoms with Gasteiger partial charge in [-0.05, 0) is 41.1 Å². The molecule has 0 spiro atoms. The van der Waals surface area contributed by atoms with Gasteiger partial charge in [-0.3, -0.25) is 0 Å². The Kier molecular flexibility index (Phi) is 3.65. The number of halogens is 1. The summed E-state index contributed by atoms with van der Waals surface area (Å²) in [5.74, 6) is 1.07. The monoisotopic (exact) mass is 382 g/mol. The number of para-hydroxylation sites is 1. The number of fused-ring (bicyclic) bond motifs is 3. The number of phenolic OH excluding ortho intramolecular Hbond substituents is 1. The van der Waals surface area contributed by atoms with Crippen LogP contribution in [0.5, 0.6) is 11.5 Å². The highest BCUT2D eigenvalue weighted by molar-refractivity contribution is 7.07. The number of aromatic hydroxyl groups is 1. The molecule has 0 saturated carbocycles. The summed E-state index contributed by atoms with van der Waals surface area (Å²) in [5.41, 5.74) is 3.68. The SMILES string of the molecule is Oc1ccc(Cl)cc1C1=NN2[C@@H](c3ccsc3)Oc3ccccc3[C@@H]2C1. The van der Waals surface area contributed by atoms with Crippen LogP contribution in [0.4, 0.5) is 0 Å². The maximum absolute atomic E-state index is 10.3. The molecule has 2 aliphatic heterocycles. The van der Waals surface area contributed by atoms with Crippen molar-refractivity contribution >= 4 is 28.6 Å². The number of ether oxygens (including phenoxy) is 1. The second kappa shape index (κ2) is 6.04. The number of thiophene rings is 1. The molecule has 2 aromatic carbocycles. The first kappa shape index (κ1) is 15.7. The van der Waals surface area contributed by atoms with Crippen LogP contribution in [0.15, 0.2) is 64.4 Å². The lowest BCUT2D eigenvalue weighted by atomic mass is 9.96. The molecule has 0 amide bonds. The fraction of sp³-hybridized carbons (Fsp3) is 0.150. The van der Waals surface area contributed by atoms with Crippen LogP contribution < -0.4 is 4.74 Å². The summed E-state index contributed by atoms with van der Waals surface area (Å²) in [5, 5.41) is 21.8. The summed E-state index contributed by atoms with van der Waals surface area (Å²) in [4.78, 5) is 0. The topological polar surface area (TPSA) is 45.1 Å². The number of hydrazone groups is 1. The van der Waals surface area contributed by atoms with E-state index >= 15 is 0 Å². The molecule has 1 aromatic heterocycles. The highest BCUT2D eigenvalue weighted by Crippen LogP contribution is 2.48. The van der Waals surface area contributed by atoms with Gasteiger partial charge >= 0.3 is 0 Å². The quantitative estimate of drug-likeness (QED) is 0.649. The summed E-state index contributed by atoms with van der Waals surface area (Å²) in [7, 11) is 0. The largest absolute Gasteiger partial charge is 0.507 e. The molecule has 6 heteroatoms. The summed E-state index contributed by atoms with van der Waals surface area (Å²) < 4.78 is 6.27. The minimum atomic E-state index is -0.278. The Morgan fingerprint density at radius 3 is 2.92 bits per heavy atom. The van der Waals surface area contributed by atoms with E-state index in [1.54, 1.807) is 29.5 Å². The molecule has 3 aromatic rings. The molecule has 0 bridgehead atoms. The Morgan fingerprint density at radius 1 is 1.19 bits per heavy atom. The molecule has 5 rings (SSSR count). The van der Waals surface area contributed by atoms with E-state index in [0.717, 1.165) is 22.6 Å². The molecule has 3 heterocycles. The summed E-state index contributed by atoms with van der Waals surface area (Å²) in [6.07, 6.45) is 0.412. The average Bonchev–Trinajstić information content (AvgIpc) is 3.33. The molecular formula is C20H15ClN2O2S. The summed E-state index contributed by atoms with van der Waals surface area (Å²) in [6, 6.07) is 15.3. The first-order valence-corrected chi connectivity index (χ1v) is 9.65. The zero-order valence-electron chi connectivity index (χ0n) is 13.7. The predicted octanol–water partition coefficient (Wildman–Crippen LogP) is 5.35. The van der Waals surface area contributed by atoms with E-state index in [9.17, 15) is 5.11 Å². The summed E-state index contributed by atoms with van der Waals surface area (Å²) >= 11 is 7.77. The molecule has 4 nitrogen and oxygen atoms in total. The molecule has 0 aliphatic carbocycles. The second-order valence-electron chi connectivity index (χ2n) is 6.37. The minimum absolute atomic E-state index is 0.0678. The predicted molar refractivity (Wildman–Crippen MR) is 103 cm³/mol. The highest BCUT2D eigenvalue weighted by atomic mass is 35.5. The van der Waals surface area contributed by atoms with Gasteiger partial charge in [0.2, 0.25) is 6.23 Å². The van der Waals surface area contributed by atoms with Gasteiger partial charge in [-0.15, -0.1) is 0 Å². The van der Waals surface area contributed by atoms with Gasteiger partial charge < -0.3 is 9.84 Å². The van der Waals surface area contributed by atoms with Crippen LogP contribution in [0.3, 0.4) is 0 Å². The Hall–Kier alpha value is -2.50. The van der Waals surface area contributed by atoms with Crippen LogP contribution in [-0.2, 0) is 0 Å². The van der Waals surface area contributed by atoms with E-state index in [0.29, 0.717) is 17.0 Å². The molecule has 130 valence electrons. The minimum Gasteiger partial charge on any atom is -0.507 e. The smallest absolute Gasteiger partial charge is 0.214 e. The van der Waals surface area contributed by atoms with Gasteiger partial charge in [0.25, 0.3) is 0 Å².